The molecule has 0 bridgehead atoms. The zero-order chi connectivity index (χ0) is 10.2. The van der Waals surface area contributed by atoms with Crippen LogP contribution in [0.25, 0.3) is 0 Å². The Balaban J connectivity index is 2.25. The van der Waals surface area contributed by atoms with Crippen molar-refractivity contribution >= 4 is 5.78 Å². The molecule has 0 saturated carbocycles. The summed E-state index contributed by atoms with van der Waals surface area (Å²) < 4.78 is 5.24. The van der Waals surface area contributed by atoms with Crippen LogP contribution in [0.3, 0.4) is 0 Å². The fourth-order valence-corrected chi connectivity index (χ4v) is 1.34. The van der Waals surface area contributed by atoms with Crippen molar-refractivity contribution in [3.63, 3.8) is 0 Å². The summed E-state index contributed by atoms with van der Waals surface area (Å²) in [7, 11) is 0. The first kappa shape index (κ1) is 11.0. The smallest absolute Gasteiger partial charge is 0.196 e. The first-order chi connectivity index (χ1) is 6.84. The number of unbranched alkanes of at least 4 members (excludes halogenated alkanes) is 2. The second-order valence-electron chi connectivity index (χ2n) is 3.29. The Bertz CT molecular complexity index is 231. The topological polar surface area (TPSA) is 46.5 Å². The van der Waals surface area contributed by atoms with Crippen molar-refractivity contribution in [2.24, 2.45) is 0 Å². The number of hydrogen-bond donors (Lipinski definition) is 1. The Hall–Kier alpha value is -1.09. The van der Waals surface area contributed by atoms with Crippen molar-refractivity contribution in [1.82, 2.24) is 0 Å². The van der Waals surface area contributed by atoms with Crippen LogP contribution in [0.1, 0.15) is 25.7 Å². The predicted octanol–water partition coefficient (Wildman–Crippen LogP) is 1.58. The van der Waals surface area contributed by atoms with E-state index in [1.165, 1.54) is 0 Å². The lowest BCUT2D eigenvalue weighted by molar-refractivity contribution is -0.122. The summed E-state index contributed by atoms with van der Waals surface area (Å²) in [5.74, 6) is 0.0269. The molecule has 0 spiro atoms. The molecule has 0 fully saturated rings. The third kappa shape index (κ3) is 3.75. The van der Waals surface area contributed by atoms with Gasteiger partial charge in [0.05, 0.1) is 6.26 Å². The van der Waals surface area contributed by atoms with Gasteiger partial charge in [0.25, 0.3) is 0 Å². The molecule has 3 heteroatoms. The van der Waals surface area contributed by atoms with Gasteiger partial charge >= 0.3 is 0 Å². The van der Waals surface area contributed by atoms with Crippen molar-refractivity contribution < 1.29 is 14.6 Å². The lowest BCUT2D eigenvalue weighted by atomic mass is 10.1. The zero-order valence-corrected chi connectivity index (χ0v) is 8.19. The number of carbonyl (C=O) groups is 1. The van der Waals surface area contributed by atoms with Crippen LogP contribution < -0.4 is 0 Å². The van der Waals surface area contributed by atoms with Gasteiger partial charge in [0, 0.05) is 6.61 Å². The molecule has 0 aliphatic carbocycles. The van der Waals surface area contributed by atoms with Gasteiger partial charge in [0.15, 0.2) is 11.9 Å². The molecule has 1 heterocycles. The normalized spacial score (nSPS) is 20.6. The van der Waals surface area contributed by atoms with E-state index in [4.69, 9.17) is 9.84 Å². The maximum atomic E-state index is 11.4. The van der Waals surface area contributed by atoms with Gasteiger partial charge in [0.1, 0.15) is 0 Å². The SMILES string of the molecule is O=C1C=CC=COC1CCCCCO. The number of ether oxygens (including phenoxy) is 1. The Kier molecular flexibility index (Phi) is 5.00. The largest absolute Gasteiger partial charge is 0.490 e. The van der Waals surface area contributed by atoms with Gasteiger partial charge in [-0.15, -0.1) is 0 Å². The summed E-state index contributed by atoms with van der Waals surface area (Å²) in [5, 5.41) is 8.58. The quantitative estimate of drug-likeness (QED) is 0.679. The van der Waals surface area contributed by atoms with Crippen molar-refractivity contribution in [1.29, 1.82) is 0 Å². The molecular formula is C11H16O3. The standard InChI is InChI=1S/C11H16O3/c12-8-4-1-2-7-11-10(13)6-3-5-9-14-11/h3,5-6,9,11-12H,1-2,4,7-8H2. The van der Waals surface area contributed by atoms with Gasteiger partial charge in [-0.25, -0.2) is 0 Å². The lowest BCUT2D eigenvalue weighted by Gasteiger charge is -2.11. The molecule has 1 unspecified atom stereocenters. The fraction of sp³-hybridized carbons (Fsp3) is 0.545. The Morgan fingerprint density at radius 1 is 1.29 bits per heavy atom. The van der Waals surface area contributed by atoms with E-state index in [0.29, 0.717) is 0 Å². The highest BCUT2D eigenvalue weighted by Crippen LogP contribution is 2.10. The minimum atomic E-state index is -0.330. The molecule has 0 aromatic carbocycles. The molecule has 1 aliphatic heterocycles. The number of rotatable bonds is 5. The molecule has 0 aromatic rings. The molecule has 0 radical (unpaired) electrons. The average Bonchev–Trinajstić information content (AvgIpc) is 2.39. The van der Waals surface area contributed by atoms with Crippen LogP contribution in [0, 0.1) is 0 Å². The zero-order valence-electron chi connectivity index (χ0n) is 8.19. The highest BCUT2D eigenvalue weighted by atomic mass is 16.5. The van der Waals surface area contributed by atoms with Crippen LogP contribution in [-0.4, -0.2) is 23.6 Å². The first-order valence-corrected chi connectivity index (χ1v) is 4.98. The van der Waals surface area contributed by atoms with E-state index >= 15 is 0 Å². The summed E-state index contributed by atoms with van der Waals surface area (Å²) in [6.07, 6.45) is 9.55. The molecule has 14 heavy (non-hydrogen) atoms. The minimum absolute atomic E-state index is 0.0269. The van der Waals surface area contributed by atoms with Crippen molar-refractivity contribution in [2.45, 2.75) is 31.8 Å². The van der Waals surface area contributed by atoms with Gasteiger partial charge in [-0.3, -0.25) is 4.79 Å². The fourth-order valence-electron chi connectivity index (χ4n) is 1.34. The van der Waals surface area contributed by atoms with Crippen LogP contribution in [-0.2, 0) is 9.53 Å². The van der Waals surface area contributed by atoms with Crippen LogP contribution in [0.15, 0.2) is 24.5 Å². The van der Waals surface area contributed by atoms with Gasteiger partial charge in [-0.05, 0) is 31.4 Å². The second kappa shape index (κ2) is 6.38. The molecule has 1 atom stereocenters. The maximum Gasteiger partial charge on any atom is 0.196 e. The molecule has 0 aromatic heterocycles. The molecule has 0 amide bonds. The molecule has 0 saturated heterocycles. The summed E-state index contributed by atoms with van der Waals surface area (Å²) in [5.41, 5.74) is 0. The Morgan fingerprint density at radius 3 is 2.93 bits per heavy atom. The predicted molar refractivity (Wildman–Crippen MR) is 53.7 cm³/mol. The van der Waals surface area contributed by atoms with Gasteiger partial charge in [0.2, 0.25) is 0 Å². The van der Waals surface area contributed by atoms with Gasteiger partial charge in [-0.1, -0.05) is 12.5 Å². The molecule has 1 rings (SSSR count). The van der Waals surface area contributed by atoms with E-state index in [1.54, 1.807) is 24.5 Å². The average molecular weight is 196 g/mol. The van der Waals surface area contributed by atoms with Crippen molar-refractivity contribution in [3.8, 4) is 0 Å². The van der Waals surface area contributed by atoms with E-state index < -0.39 is 0 Å². The number of aliphatic hydroxyl groups excluding tert-OH is 1. The third-order valence-electron chi connectivity index (χ3n) is 2.13. The van der Waals surface area contributed by atoms with E-state index in [-0.39, 0.29) is 18.5 Å². The van der Waals surface area contributed by atoms with E-state index in [1.807, 2.05) is 0 Å². The number of ketones is 1. The lowest BCUT2D eigenvalue weighted by Crippen LogP contribution is -2.19. The van der Waals surface area contributed by atoms with E-state index in [9.17, 15) is 4.79 Å². The summed E-state index contributed by atoms with van der Waals surface area (Å²) in [6, 6.07) is 0. The molecule has 1 N–H and O–H groups in total. The highest BCUT2D eigenvalue weighted by Gasteiger charge is 2.16. The number of carbonyl (C=O) groups excluding carboxylic acids is 1. The second-order valence-corrected chi connectivity index (χ2v) is 3.29. The van der Waals surface area contributed by atoms with Crippen LogP contribution in [0.2, 0.25) is 0 Å². The molecule has 3 nitrogen and oxygen atoms in total. The molecule has 78 valence electrons. The Labute approximate surface area is 84.1 Å². The summed E-state index contributed by atoms with van der Waals surface area (Å²) >= 11 is 0. The van der Waals surface area contributed by atoms with Crippen LogP contribution >= 0.6 is 0 Å². The highest BCUT2D eigenvalue weighted by molar-refractivity contribution is 5.94. The summed E-state index contributed by atoms with van der Waals surface area (Å²) in [6.45, 7) is 0.222. The van der Waals surface area contributed by atoms with Crippen LogP contribution in [0.4, 0.5) is 0 Å². The van der Waals surface area contributed by atoms with Gasteiger partial charge in [-0.2, -0.15) is 0 Å². The van der Waals surface area contributed by atoms with Crippen molar-refractivity contribution in [2.75, 3.05) is 6.61 Å². The van der Waals surface area contributed by atoms with Crippen LogP contribution in [0.5, 0.6) is 0 Å². The Morgan fingerprint density at radius 2 is 2.14 bits per heavy atom. The number of allylic oxidation sites excluding steroid dienone is 2. The third-order valence-corrected chi connectivity index (χ3v) is 2.13. The van der Waals surface area contributed by atoms with Gasteiger partial charge < -0.3 is 9.84 Å². The van der Waals surface area contributed by atoms with E-state index in [2.05, 4.69) is 0 Å². The monoisotopic (exact) mass is 196 g/mol. The minimum Gasteiger partial charge on any atom is -0.490 e. The number of aliphatic hydroxyl groups is 1. The number of hydrogen-bond acceptors (Lipinski definition) is 3. The molecular weight excluding hydrogens is 180 g/mol. The first-order valence-electron chi connectivity index (χ1n) is 4.98. The molecule has 1 aliphatic rings. The van der Waals surface area contributed by atoms with Crippen molar-refractivity contribution in [3.05, 3.63) is 24.5 Å². The summed E-state index contributed by atoms with van der Waals surface area (Å²) in [4.78, 5) is 11.4. The van der Waals surface area contributed by atoms with E-state index in [0.717, 1.165) is 25.7 Å². The maximum absolute atomic E-state index is 11.4.